The third-order valence-electron chi connectivity index (χ3n) is 4.02. The molecule has 25 heavy (non-hydrogen) atoms. The summed E-state index contributed by atoms with van der Waals surface area (Å²) >= 11 is 0. The molecule has 2 aromatic heterocycles. The van der Waals surface area contributed by atoms with Gasteiger partial charge < -0.3 is 23.2 Å². The van der Waals surface area contributed by atoms with Crippen molar-refractivity contribution in [3.8, 4) is 11.5 Å². The molecular formula is C20H23NO4. The van der Waals surface area contributed by atoms with Gasteiger partial charge in [0.2, 0.25) is 0 Å². The minimum Gasteiger partial charge on any atom is -0.493 e. The Hall–Kier alpha value is -2.82. The highest BCUT2D eigenvalue weighted by molar-refractivity contribution is 5.56. The maximum absolute atomic E-state index is 5.75. The van der Waals surface area contributed by atoms with Crippen molar-refractivity contribution in [2.45, 2.75) is 26.9 Å². The summed E-state index contributed by atoms with van der Waals surface area (Å²) in [5, 5.41) is 0. The Morgan fingerprint density at radius 3 is 1.76 bits per heavy atom. The van der Waals surface area contributed by atoms with Crippen LogP contribution in [0.3, 0.4) is 0 Å². The largest absolute Gasteiger partial charge is 0.493 e. The number of nitrogens with zero attached hydrogens (tertiary/aromatic N) is 1. The van der Waals surface area contributed by atoms with Crippen LogP contribution >= 0.6 is 0 Å². The summed E-state index contributed by atoms with van der Waals surface area (Å²) < 4.78 is 22.3. The zero-order valence-corrected chi connectivity index (χ0v) is 15.0. The summed E-state index contributed by atoms with van der Waals surface area (Å²) in [7, 11) is 3.27. The molecule has 3 aromatic rings. The van der Waals surface area contributed by atoms with Crippen LogP contribution in [0, 0.1) is 13.8 Å². The van der Waals surface area contributed by atoms with E-state index in [-0.39, 0.29) is 0 Å². The van der Waals surface area contributed by atoms with Gasteiger partial charge in [-0.1, -0.05) is 0 Å². The maximum Gasteiger partial charge on any atom is 0.162 e. The Morgan fingerprint density at radius 2 is 1.32 bits per heavy atom. The molecule has 0 unspecified atom stereocenters. The van der Waals surface area contributed by atoms with Crippen molar-refractivity contribution < 1.29 is 18.3 Å². The Morgan fingerprint density at radius 1 is 0.760 bits per heavy atom. The van der Waals surface area contributed by atoms with Gasteiger partial charge in [-0.15, -0.1) is 0 Å². The summed E-state index contributed by atoms with van der Waals surface area (Å²) in [6.45, 7) is 5.15. The molecule has 0 saturated heterocycles. The summed E-state index contributed by atoms with van der Waals surface area (Å²) in [6.07, 6.45) is 0. The fourth-order valence-corrected chi connectivity index (χ4v) is 2.78. The number of hydrogen-bond acceptors (Lipinski definition) is 5. The van der Waals surface area contributed by atoms with Crippen molar-refractivity contribution >= 4 is 5.69 Å². The molecule has 0 radical (unpaired) electrons. The molecule has 0 aliphatic heterocycles. The predicted molar refractivity (Wildman–Crippen MR) is 96.3 cm³/mol. The number of ether oxygens (including phenoxy) is 2. The topological polar surface area (TPSA) is 48.0 Å². The third-order valence-corrected chi connectivity index (χ3v) is 4.02. The summed E-state index contributed by atoms with van der Waals surface area (Å²) in [6, 6.07) is 13.8. The second-order valence-corrected chi connectivity index (χ2v) is 5.92. The molecule has 0 bridgehead atoms. The second-order valence-electron chi connectivity index (χ2n) is 5.92. The van der Waals surface area contributed by atoms with Gasteiger partial charge in [0.05, 0.1) is 27.3 Å². The first-order valence-corrected chi connectivity index (χ1v) is 8.16. The molecule has 0 aliphatic carbocycles. The lowest BCUT2D eigenvalue weighted by Gasteiger charge is -2.24. The molecule has 0 amide bonds. The van der Waals surface area contributed by atoms with Gasteiger partial charge in [0.15, 0.2) is 11.5 Å². The van der Waals surface area contributed by atoms with Gasteiger partial charge in [0.25, 0.3) is 0 Å². The van der Waals surface area contributed by atoms with E-state index >= 15 is 0 Å². The van der Waals surface area contributed by atoms with E-state index in [0.29, 0.717) is 24.6 Å². The van der Waals surface area contributed by atoms with Crippen LogP contribution in [0.15, 0.2) is 51.3 Å². The van der Waals surface area contributed by atoms with E-state index < -0.39 is 0 Å². The quantitative estimate of drug-likeness (QED) is 0.623. The first-order chi connectivity index (χ1) is 12.1. The average Bonchev–Trinajstić information content (AvgIpc) is 3.21. The summed E-state index contributed by atoms with van der Waals surface area (Å²) in [5.74, 6) is 4.99. The summed E-state index contributed by atoms with van der Waals surface area (Å²) in [5.41, 5.74) is 1.00. The molecule has 2 heterocycles. The summed E-state index contributed by atoms with van der Waals surface area (Å²) in [4.78, 5) is 2.18. The number of benzene rings is 1. The van der Waals surface area contributed by atoms with Crippen LogP contribution in [0.1, 0.15) is 23.0 Å². The number of aryl methyl sites for hydroxylation is 2. The van der Waals surface area contributed by atoms with Gasteiger partial charge in [-0.05, 0) is 50.2 Å². The highest BCUT2D eigenvalue weighted by Crippen LogP contribution is 2.33. The van der Waals surface area contributed by atoms with Crippen LogP contribution < -0.4 is 14.4 Å². The first-order valence-electron chi connectivity index (χ1n) is 8.16. The van der Waals surface area contributed by atoms with Crippen molar-refractivity contribution in [3.05, 3.63) is 65.5 Å². The van der Waals surface area contributed by atoms with Crippen molar-refractivity contribution in [2.75, 3.05) is 19.1 Å². The Kier molecular flexibility index (Phi) is 5.03. The van der Waals surface area contributed by atoms with E-state index in [1.165, 1.54) is 0 Å². The smallest absolute Gasteiger partial charge is 0.162 e. The number of hydrogen-bond donors (Lipinski definition) is 0. The molecule has 132 valence electrons. The molecule has 0 fully saturated rings. The maximum atomic E-state index is 5.75. The molecule has 0 aliphatic rings. The van der Waals surface area contributed by atoms with E-state index in [0.717, 1.165) is 28.7 Å². The van der Waals surface area contributed by atoms with Crippen LogP contribution in [0.2, 0.25) is 0 Å². The van der Waals surface area contributed by atoms with Gasteiger partial charge >= 0.3 is 0 Å². The van der Waals surface area contributed by atoms with Crippen LogP contribution in [-0.4, -0.2) is 14.2 Å². The highest BCUT2D eigenvalue weighted by Gasteiger charge is 2.15. The van der Waals surface area contributed by atoms with Crippen molar-refractivity contribution in [1.82, 2.24) is 0 Å². The Bertz CT molecular complexity index is 792. The lowest BCUT2D eigenvalue weighted by atomic mass is 10.2. The predicted octanol–water partition coefficient (Wildman–Crippen LogP) is 4.71. The first kappa shape index (κ1) is 17.0. The minimum atomic E-state index is 0.628. The van der Waals surface area contributed by atoms with Crippen LogP contribution in [-0.2, 0) is 13.1 Å². The zero-order chi connectivity index (χ0) is 17.8. The van der Waals surface area contributed by atoms with Gasteiger partial charge in [-0.3, -0.25) is 0 Å². The molecule has 0 spiro atoms. The number of rotatable bonds is 7. The standard InChI is InChI=1S/C20H23NO4/c1-14-5-8-17(24-14)12-21(13-18-9-6-15(2)25-18)16-7-10-19(22-3)20(11-16)23-4/h5-11H,12-13H2,1-4H3. The molecule has 0 saturated carbocycles. The van der Waals surface area contributed by atoms with Gasteiger partial charge in [0, 0.05) is 11.8 Å². The lowest BCUT2D eigenvalue weighted by molar-refractivity contribution is 0.355. The molecular weight excluding hydrogens is 318 g/mol. The zero-order valence-electron chi connectivity index (χ0n) is 15.0. The van der Waals surface area contributed by atoms with E-state index in [9.17, 15) is 0 Å². The monoisotopic (exact) mass is 341 g/mol. The van der Waals surface area contributed by atoms with E-state index in [4.69, 9.17) is 18.3 Å². The fraction of sp³-hybridized carbons (Fsp3) is 0.300. The number of anilines is 1. The average molecular weight is 341 g/mol. The minimum absolute atomic E-state index is 0.628. The van der Waals surface area contributed by atoms with Crippen LogP contribution in [0.4, 0.5) is 5.69 Å². The van der Waals surface area contributed by atoms with E-state index in [1.807, 2.05) is 56.3 Å². The van der Waals surface area contributed by atoms with Crippen molar-refractivity contribution in [2.24, 2.45) is 0 Å². The van der Waals surface area contributed by atoms with Crippen LogP contribution in [0.25, 0.3) is 0 Å². The lowest BCUT2D eigenvalue weighted by Crippen LogP contribution is -2.21. The molecule has 5 heteroatoms. The van der Waals surface area contributed by atoms with Crippen molar-refractivity contribution in [1.29, 1.82) is 0 Å². The third kappa shape index (κ3) is 3.99. The SMILES string of the molecule is COc1ccc(N(Cc2ccc(C)o2)Cc2ccc(C)o2)cc1OC. The van der Waals surface area contributed by atoms with Crippen LogP contribution in [0.5, 0.6) is 11.5 Å². The molecule has 0 atom stereocenters. The normalized spacial score (nSPS) is 10.7. The Labute approximate surface area is 147 Å². The van der Waals surface area contributed by atoms with Gasteiger partial charge in [-0.2, -0.15) is 0 Å². The molecule has 5 nitrogen and oxygen atoms in total. The second kappa shape index (κ2) is 7.38. The van der Waals surface area contributed by atoms with Crippen molar-refractivity contribution in [3.63, 3.8) is 0 Å². The Balaban J connectivity index is 1.91. The van der Waals surface area contributed by atoms with Gasteiger partial charge in [-0.25, -0.2) is 0 Å². The molecule has 1 aromatic carbocycles. The number of furan rings is 2. The van der Waals surface area contributed by atoms with Gasteiger partial charge in [0.1, 0.15) is 23.0 Å². The van der Waals surface area contributed by atoms with E-state index in [2.05, 4.69) is 4.90 Å². The molecule has 3 rings (SSSR count). The van der Waals surface area contributed by atoms with E-state index in [1.54, 1.807) is 14.2 Å². The fourth-order valence-electron chi connectivity index (χ4n) is 2.78. The number of methoxy groups -OCH3 is 2. The molecule has 0 N–H and O–H groups in total. The highest BCUT2D eigenvalue weighted by atomic mass is 16.5.